The number of nitrogens with zero attached hydrogens (tertiary/aromatic N) is 2. The molecule has 0 fully saturated rings. The van der Waals surface area contributed by atoms with Gasteiger partial charge in [0, 0.05) is 18.5 Å². The summed E-state index contributed by atoms with van der Waals surface area (Å²) in [4.78, 5) is 20.0. The smallest absolute Gasteiger partial charge is 0.330 e. The molecular weight excluding hydrogens is 412 g/mol. The number of rotatable bonds is 11. The van der Waals surface area contributed by atoms with Crippen LogP contribution < -0.4 is 4.74 Å². The molecule has 5 heteroatoms. The summed E-state index contributed by atoms with van der Waals surface area (Å²) in [6.45, 7) is 6.36. The Morgan fingerprint density at radius 1 is 0.788 bits per heavy atom. The van der Waals surface area contributed by atoms with E-state index < -0.39 is 5.97 Å². The average Bonchev–Trinajstić information content (AvgIpc) is 2.85. The summed E-state index contributed by atoms with van der Waals surface area (Å²) in [5.41, 5.74) is 5.06. The van der Waals surface area contributed by atoms with E-state index in [1.807, 2.05) is 73.1 Å². The van der Waals surface area contributed by atoms with Crippen molar-refractivity contribution in [2.45, 2.75) is 19.8 Å². The van der Waals surface area contributed by atoms with E-state index in [4.69, 9.17) is 9.47 Å². The molecule has 3 aromatic rings. The van der Waals surface area contributed by atoms with Crippen molar-refractivity contribution < 1.29 is 14.3 Å². The number of aliphatic imine (C=N–C) groups is 2. The Labute approximate surface area is 195 Å². The molecule has 0 bridgehead atoms. The lowest BCUT2D eigenvalue weighted by atomic mass is 10.1. The molecule has 0 aromatic heterocycles. The van der Waals surface area contributed by atoms with E-state index >= 15 is 0 Å². The molecule has 33 heavy (non-hydrogen) atoms. The minimum Gasteiger partial charge on any atom is -0.494 e. The fraction of sp³-hybridized carbons (Fsp3) is 0.179. The van der Waals surface area contributed by atoms with E-state index in [0.717, 1.165) is 47.2 Å². The Hall–Kier alpha value is -3.99. The van der Waals surface area contributed by atoms with Gasteiger partial charge in [0.15, 0.2) is 0 Å². The Morgan fingerprint density at radius 2 is 1.30 bits per heavy atom. The second-order valence-corrected chi connectivity index (χ2v) is 7.44. The normalized spacial score (nSPS) is 11.1. The van der Waals surface area contributed by atoms with Crippen molar-refractivity contribution in [3.8, 4) is 5.75 Å². The van der Waals surface area contributed by atoms with Crippen molar-refractivity contribution in [1.29, 1.82) is 0 Å². The van der Waals surface area contributed by atoms with Crippen LogP contribution >= 0.6 is 0 Å². The molecule has 3 aromatic carbocycles. The fourth-order valence-electron chi connectivity index (χ4n) is 2.85. The molecule has 0 amide bonds. The number of esters is 1. The van der Waals surface area contributed by atoms with Crippen molar-refractivity contribution >= 4 is 29.8 Å². The molecule has 0 aliphatic rings. The Balaban J connectivity index is 1.43. The van der Waals surface area contributed by atoms with Crippen LogP contribution in [0.25, 0.3) is 0 Å². The van der Waals surface area contributed by atoms with Crippen molar-refractivity contribution in [2.75, 3.05) is 13.2 Å². The molecule has 0 N–H and O–H groups in total. The van der Waals surface area contributed by atoms with Crippen LogP contribution in [0.4, 0.5) is 11.4 Å². The van der Waals surface area contributed by atoms with Crippen LogP contribution in [-0.2, 0) is 9.53 Å². The lowest BCUT2D eigenvalue weighted by Gasteiger charge is -2.06. The predicted molar refractivity (Wildman–Crippen MR) is 134 cm³/mol. The molecule has 0 saturated carbocycles. The topological polar surface area (TPSA) is 60.2 Å². The SMILES string of the molecule is C=CC(=O)OCCCCOc1ccc(N=Cc2ccc(C=Nc3ccc(C)cc3)cc2)cc1. The Bertz CT molecular complexity index is 1080. The van der Waals surface area contributed by atoms with E-state index in [-0.39, 0.29) is 0 Å². The predicted octanol–water partition coefficient (Wildman–Crippen LogP) is 6.38. The maximum Gasteiger partial charge on any atom is 0.330 e. The number of hydrogen-bond acceptors (Lipinski definition) is 5. The lowest BCUT2D eigenvalue weighted by Crippen LogP contribution is -2.04. The summed E-state index contributed by atoms with van der Waals surface area (Å²) in [7, 11) is 0. The highest BCUT2D eigenvalue weighted by molar-refractivity contribution is 5.86. The molecule has 0 radical (unpaired) electrons. The van der Waals surface area contributed by atoms with Crippen molar-refractivity contribution in [1.82, 2.24) is 0 Å². The van der Waals surface area contributed by atoms with E-state index in [2.05, 4.69) is 35.6 Å². The fourth-order valence-corrected chi connectivity index (χ4v) is 2.85. The highest BCUT2D eigenvalue weighted by Gasteiger charge is 1.98. The van der Waals surface area contributed by atoms with Crippen LogP contribution in [0.1, 0.15) is 29.5 Å². The summed E-state index contributed by atoms with van der Waals surface area (Å²) in [6.07, 6.45) is 6.41. The minimum absolute atomic E-state index is 0.377. The van der Waals surface area contributed by atoms with Crippen LogP contribution in [0.15, 0.2) is 95.4 Å². The second-order valence-electron chi connectivity index (χ2n) is 7.44. The number of unbranched alkanes of at least 4 members (excludes halogenated alkanes) is 1. The molecule has 168 valence electrons. The molecule has 0 saturated heterocycles. The van der Waals surface area contributed by atoms with Gasteiger partial charge >= 0.3 is 5.97 Å². The molecular formula is C28H28N2O3. The molecule has 0 heterocycles. The zero-order valence-electron chi connectivity index (χ0n) is 18.8. The van der Waals surface area contributed by atoms with Crippen LogP contribution in [0.2, 0.25) is 0 Å². The van der Waals surface area contributed by atoms with Gasteiger partial charge in [-0.2, -0.15) is 0 Å². The molecule has 5 nitrogen and oxygen atoms in total. The Morgan fingerprint density at radius 3 is 1.85 bits per heavy atom. The quantitative estimate of drug-likeness (QED) is 0.150. The van der Waals surface area contributed by atoms with Gasteiger partial charge < -0.3 is 9.47 Å². The number of hydrogen-bond donors (Lipinski definition) is 0. The Kier molecular flexibility index (Phi) is 9.16. The lowest BCUT2D eigenvalue weighted by molar-refractivity contribution is -0.137. The summed E-state index contributed by atoms with van der Waals surface area (Å²) in [6, 6.07) is 23.8. The third kappa shape index (κ3) is 8.57. The molecule has 0 spiro atoms. The zero-order valence-corrected chi connectivity index (χ0v) is 18.8. The average molecular weight is 441 g/mol. The highest BCUT2D eigenvalue weighted by atomic mass is 16.5. The van der Waals surface area contributed by atoms with Gasteiger partial charge in [0.1, 0.15) is 5.75 Å². The maximum atomic E-state index is 11.0. The third-order valence-corrected chi connectivity index (χ3v) is 4.75. The van der Waals surface area contributed by atoms with E-state index in [1.165, 1.54) is 5.56 Å². The van der Waals surface area contributed by atoms with E-state index in [1.54, 1.807) is 0 Å². The molecule has 0 atom stereocenters. The first-order valence-electron chi connectivity index (χ1n) is 10.9. The monoisotopic (exact) mass is 440 g/mol. The summed E-state index contributed by atoms with van der Waals surface area (Å²) < 4.78 is 10.6. The molecule has 0 unspecified atom stereocenters. The standard InChI is InChI=1S/C28H28N2O3/c1-3-28(31)33-19-5-4-18-32-27-16-14-26(15-17-27)30-21-24-10-8-23(9-11-24)20-29-25-12-6-22(2)7-13-25/h3,6-17,20-21H,1,4-5,18-19H2,2H3. The van der Waals surface area contributed by atoms with Crippen LogP contribution in [0.5, 0.6) is 5.75 Å². The van der Waals surface area contributed by atoms with Crippen molar-refractivity contribution in [3.63, 3.8) is 0 Å². The van der Waals surface area contributed by atoms with Gasteiger partial charge in [-0.15, -0.1) is 0 Å². The maximum absolute atomic E-state index is 11.0. The molecule has 0 aliphatic carbocycles. The summed E-state index contributed by atoms with van der Waals surface area (Å²) in [5, 5.41) is 0. The van der Waals surface area contributed by atoms with Crippen LogP contribution in [-0.4, -0.2) is 31.6 Å². The van der Waals surface area contributed by atoms with Crippen LogP contribution in [0.3, 0.4) is 0 Å². The number of carbonyl (C=O) groups is 1. The van der Waals surface area contributed by atoms with Gasteiger partial charge in [-0.25, -0.2) is 4.79 Å². The van der Waals surface area contributed by atoms with Gasteiger partial charge in [-0.1, -0.05) is 48.5 Å². The zero-order chi connectivity index (χ0) is 23.3. The van der Waals surface area contributed by atoms with Gasteiger partial charge in [-0.05, 0) is 67.3 Å². The third-order valence-electron chi connectivity index (χ3n) is 4.75. The van der Waals surface area contributed by atoms with Gasteiger partial charge in [0.05, 0.1) is 24.6 Å². The number of benzene rings is 3. The van der Waals surface area contributed by atoms with Gasteiger partial charge in [0.2, 0.25) is 0 Å². The summed E-state index contributed by atoms with van der Waals surface area (Å²) >= 11 is 0. The number of carbonyl (C=O) groups excluding carboxylic acids is 1. The van der Waals surface area contributed by atoms with Gasteiger partial charge in [0.25, 0.3) is 0 Å². The second kappa shape index (κ2) is 12.8. The molecule has 0 aliphatic heterocycles. The van der Waals surface area contributed by atoms with Crippen LogP contribution in [0, 0.1) is 6.92 Å². The van der Waals surface area contributed by atoms with E-state index in [9.17, 15) is 4.79 Å². The summed E-state index contributed by atoms with van der Waals surface area (Å²) in [5.74, 6) is 0.393. The largest absolute Gasteiger partial charge is 0.494 e. The molecule has 3 rings (SSSR count). The van der Waals surface area contributed by atoms with Crippen molar-refractivity contribution in [3.05, 3.63) is 102 Å². The first kappa shape index (κ1) is 23.7. The first-order chi connectivity index (χ1) is 16.1. The minimum atomic E-state index is -0.394. The van der Waals surface area contributed by atoms with E-state index in [0.29, 0.717) is 13.2 Å². The number of aryl methyl sites for hydroxylation is 1. The van der Waals surface area contributed by atoms with Crippen molar-refractivity contribution in [2.24, 2.45) is 9.98 Å². The first-order valence-corrected chi connectivity index (χ1v) is 10.9. The number of ether oxygens (including phenoxy) is 2. The van der Waals surface area contributed by atoms with Gasteiger partial charge in [-0.3, -0.25) is 9.98 Å². The highest BCUT2D eigenvalue weighted by Crippen LogP contribution is 2.18.